The van der Waals surface area contributed by atoms with Crippen molar-refractivity contribution in [2.75, 3.05) is 7.11 Å². The van der Waals surface area contributed by atoms with Crippen LogP contribution in [0.4, 0.5) is 4.39 Å². The van der Waals surface area contributed by atoms with Crippen LogP contribution in [-0.2, 0) is 11.3 Å². The molecule has 6 heteroatoms. The van der Waals surface area contributed by atoms with Gasteiger partial charge in [0.2, 0.25) is 0 Å². The highest BCUT2D eigenvalue weighted by Crippen LogP contribution is 2.37. The van der Waals surface area contributed by atoms with E-state index in [-0.39, 0.29) is 5.82 Å². The summed E-state index contributed by atoms with van der Waals surface area (Å²) >= 11 is 6.23. The van der Waals surface area contributed by atoms with E-state index in [2.05, 4.69) is 5.10 Å². The molecule has 26 heavy (non-hydrogen) atoms. The molecule has 0 amide bonds. The maximum absolute atomic E-state index is 14.5. The summed E-state index contributed by atoms with van der Waals surface area (Å²) in [6.45, 7) is 0.343. The molecule has 1 aromatic heterocycles. The molecule has 0 saturated heterocycles. The number of hydrogen-bond donors (Lipinski definition) is 0. The van der Waals surface area contributed by atoms with Crippen molar-refractivity contribution in [3.63, 3.8) is 0 Å². The van der Waals surface area contributed by atoms with E-state index in [0.717, 1.165) is 24.0 Å². The van der Waals surface area contributed by atoms with Crippen LogP contribution in [0, 0.1) is 5.82 Å². The molecule has 4 nitrogen and oxygen atoms in total. The minimum absolute atomic E-state index is 0.171. The zero-order chi connectivity index (χ0) is 18.3. The molecule has 1 fully saturated rings. The van der Waals surface area contributed by atoms with Crippen LogP contribution in [-0.4, -0.2) is 22.9 Å². The van der Waals surface area contributed by atoms with Gasteiger partial charge in [-0.2, -0.15) is 5.10 Å². The molecule has 4 rings (SSSR count). The van der Waals surface area contributed by atoms with E-state index >= 15 is 0 Å². The molecule has 0 aliphatic heterocycles. The van der Waals surface area contributed by atoms with Gasteiger partial charge in [0, 0.05) is 5.39 Å². The number of fused-ring (bicyclic) bond motifs is 1. The second-order valence-electron chi connectivity index (χ2n) is 6.63. The first kappa shape index (κ1) is 17.0. The number of carbonyl (C=O) groups excluding carboxylic acids is 1. The van der Waals surface area contributed by atoms with E-state index in [1.165, 1.54) is 13.5 Å². The quantitative estimate of drug-likeness (QED) is 0.610. The van der Waals surface area contributed by atoms with Crippen LogP contribution in [0.1, 0.15) is 46.7 Å². The average Bonchev–Trinajstić information content (AvgIpc) is 3.00. The maximum Gasteiger partial charge on any atom is 0.340 e. The number of carbonyl (C=O) groups is 1. The Morgan fingerprint density at radius 1 is 1.35 bits per heavy atom. The van der Waals surface area contributed by atoms with Crippen LogP contribution in [0.25, 0.3) is 10.9 Å². The Hall–Kier alpha value is -2.40. The van der Waals surface area contributed by atoms with Gasteiger partial charge in [0.05, 0.1) is 36.0 Å². The van der Waals surface area contributed by atoms with Crippen molar-refractivity contribution in [2.24, 2.45) is 0 Å². The minimum atomic E-state index is -0.458. The summed E-state index contributed by atoms with van der Waals surface area (Å²) in [6, 6.07) is 8.62. The van der Waals surface area contributed by atoms with Crippen molar-refractivity contribution < 1.29 is 13.9 Å². The van der Waals surface area contributed by atoms with Crippen molar-refractivity contribution in [2.45, 2.75) is 31.7 Å². The molecule has 0 bridgehead atoms. The van der Waals surface area contributed by atoms with Crippen molar-refractivity contribution in [1.82, 2.24) is 9.78 Å². The zero-order valence-electron chi connectivity index (χ0n) is 14.3. The van der Waals surface area contributed by atoms with E-state index in [4.69, 9.17) is 16.3 Å². The van der Waals surface area contributed by atoms with Gasteiger partial charge in [0.1, 0.15) is 5.82 Å². The fourth-order valence-electron chi connectivity index (χ4n) is 3.46. The first-order valence-electron chi connectivity index (χ1n) is 8.59. The number of nitrogens with zero attached hydrogens (tertiary/aromatic N) is 2. The normalized spacial score (nSPS) is 14.4. The second-order valence-corrected chi connectivity index (χ2v) is 7.04. The number of benzene rings is 2. The van der Waals surface area contributed by atoms with Gasteiger partial charge < -0.3 is 4.74 Å². The van der Waals surface area contributed by atoms with Crippen LogP contribution in [0.3, 0.4) is 0 Å². The van der Waals surface area contributed by atoms with Crippen molar-refractivity contribution in [1.29, 1.82) is 0 Å². The molecule has 134 valence electrons. The molecule has 0 spiro atoms. The SMILES string of the molecule is COC(=O)c1ccc(Cl)c2cnn(Cc3ccc(C4CCC4)c(F)c3)c12. The lowest BCUT2D eigenvalue weighted by Crippen LogP contribution is -2.12. The Kier molecular flexibility index (Phi) is 4.41. The van der Waals surface area contributed by atoms with Gasteiger partial charge >= 0.3 is 5.97 Å². The molecule has 3 aromatic rings. The van der Waals surface area contributed by atoms with Crippen LogP contribution in [0.2, 0.25) is 5.02 Å². The van der Waals surface area contributed by atoms with Gasteiger partial charge in [0.15, 0.2) is 0 Å². The Morgan fingerprint density at radius 2 is 2.15 bits per heavy atom. The molecule has 0 radical (unpaired) electrons. The third-order valence-corrected chi connectivity index (χ3v) is 5.43. The zero-order valence-corrected chi connectivity index (χ0v) is 15.1. The van der Waals surface area contributed by atoms with Gasteiger partial charge in [-0.1, -0.05) is 30.2 Å². The number of methoxy groups -OCH3 is 1. The van der Waals surface area contributed by atoms with Crippen LogP contribution in [0.15, 0.2) is 36.5 Å². The summed E-state index contributed by atoms with van der Waals surface area (Å²) in [5.74, 6) is -0.283. The largest absolute Gasteiger partial charge is 0.465 e. The topological polar surface area (TPSA) is 44.1 Å². The molecule has 2 aromatic carbocycles. The molecule has 1 heterocycles. The highest BCUT2D eigenvalue weighted by atomic mass is 35.5. The first-order chi connectivity index (χ1) is 12.6. The maximum atomic E-state index is 14.5. The standard InChI is InChI=1S/C20H18ClFN2O2/c1-26-20(25)15-7-8-17(21)16-10-23-24(19(15)16)11-12-5-6-14(18(22)9-12)13-3-2-4-13/h5-10,13H,2-4,11H2,1H3. The summed E-state index contributed by atoms with van der Waals surface area (Å²) < 4.78 is 21.0. The van der Waals surface area contributed by atoms with E-state index in [1.54, 1.807) is 29.1 Å². The van der Waals surface area contributed by atoms with E-state index in [9.17, 15) is 9.18 Å². The predicted octanol–water partition coefficient (Wildman–Crippen LogP) is 4.93. The number of ether oxygens (including phenoxy) is 1. The molecular weight excluding hydrogens is 355 g/mol. The predicted molar refractivity (Wildman–Crippen MR) is 98.2 cm³/mol. The van der Waals surface area contributed by atoms with Gasteiger partial charge in [0.25, 0.3) is 0 Å². The molecule has 0 N–H and O–H groups in total. The highest BCUT2D eigenvalue weighted by Gasteiger charge is 2.23. The number of hydrogen-bond acceptors (Lipinski definition) is 3. The Balaban J connectivity index is 1.72. The number of rotatable bonds is 4. The molecular formula is C20H18ClFN2O2. The minimum Gasteiger partial charge on any atom is -0.465 e. The van der Waals surface area contributed by atoms with E-state index in [0.29, 0.717) is 34.0 Å². The van der Waals surface area contributed by atoms with Crippen LogP contribution in [0.5, 0.6) is 0 Å². The molecule has 0 unspecified atom stereocenters. The Labute approximate surface area is 155 Å². The van der Waals surface area contributed by atoms with Gasteiger partial charge in [-0.3, -0.25) is 4.68 Å². The van der Waals surface area contributed by atoms with Gasteiger partial charge in [-0.05, 0) is 48.1 Å². The lowest BCUT2D eigenvalue weighted by molar-refractivity contribution is 0.0602. The number of aromatic nitrogens is 2. The van der Waals surface area contributed by atoms with Gasteiger partial charge in [-0.15, -0.1) is 0 Å². The first-order valence-corrected chi connectivity index (χ1v) is 8.97. The fourth-order valence-corrected chi connectivity index (χ4v) is 3.66. The lowest BCUT2D eigenvalue weighted by atomic mass is 9.79. The van der Waals surface area contributed by atoms with Crippen molar-refractivity contribution in [3.05, 3.63) is 64.1 Å². The smallest absolute Gasteiger partial charge is 0.340 e. The third kappa shape index (κ3) is 2.86. The summed E-state index contributed by atoms with van der Waals surface area (Å²) in [5, 5.41) is 5.52. The molecule has 1 aliphatic carbocycles. The summed E-state index contributed by atoms with van der Waals surface area (Å²) in [5.41, 5.74) is 2.55. The van der Waals surface area contributed by atoms with Crippen LogP contribution < -0.4 is 0 Å². The summed E-state index contributed by atoms with van der Waals surface area (Å²) in [6.07, 6.45) is 4.90. The van der Waals surface area contributed by atoms with Crippen LogP contribution >= 0.6 is 11.6 Å². The molecule has 0 atom stereocenters. The summed E-state index contributed by atoms with van der Waals surface area (Å²) in [4.78, 5) is 12.1. The highest BCUT2D eigenvalue weighted by molar-refractivity contribution is 6.35. The second kappa shape index (κ2) is 6.72. The van der Waals surface area contributed by atoms with Crippen molar-refractivity contribution >= 4 is 28.5 Å². The Morgan fingerprint density at radius 3 is 2.81 bits per heavy atom. The number of esters is 1. The monoisotopic (exact) mass is 372 g/mol. The van der Waals surface area contributed by atoms with E-state index in [1.807, 2.05) is 12.1 Å². The third-order valence-electron chi connectivity index (χ3n) is 5.10. The van der Waals surface area contributed by atoms with E-state index < -0.39 is 5.97 Å². The average molecular weight is 373 g/mol. The summed E-state index contributed by atoms with van der Waals surface area (Å²) in [7, 11) is 1.33. The molecule has 1 saturated carbocycles. The fraction of sp³-hybridized carbons (Fsp3) is 0.300. The lowest BCUT2D eigenvalue weighted by Gasteiger charge is -2.26. The van der Waals surface area contributed by atoms with Gasteiger partial charge in [-0.25, -0.2) is 9.18 Å². The number of halogens is 2. The Bertz CT molecular complexity index is 995. The van der Waals surface area contributed by atoms with Crippen molar-refractivity contribution in [3.8, 4) is 0 Å². The molecule has 1 aliphatic rings.